The molecule has 90 valence electrons. The van der Waals surface area contributed by atoms with Crippen LogP contribution in [0.5, 0.6) is 0 Å². The van der Waals surface area contributed by atoms with Gasteiger partial charge in [0.1, 0.15) is 6.10 Å². The quantitative estimate of drug-likeness (QED) is 0.852. The highest BCUT2D eigenvalue weighted by atomic mass is 19.3. The van der Waals surface area contributed by atoms with E-state index in [0.29, 0.717) is 5.82 Å². The van der Waals surface area contributed by atoms with E-state index in [9.17, 15) is 8.78 Å². The van der Waals surface area contributed by atoms with Crippen molar-refractivity contribution < 1.29 is 13.9 Å². The minimum atomic E-state index is -2.77. The molecule has 1 heterocycles. The third-order valence-corrected chi connectivity index (χ3v) is 2.34. The number of nitrogens with zero attached hydrogens (tertiary/aromatic N) is 2. The maximum Gasteiger partial charge on any atom is 0.265 e. The first kappa shape index (κ1) is 11.7. The third kappa shape index (κ3) is 2.65. The van der Waals surface area contributed by atoms with Gasteiger partial charge in [-0.1, -0.05) is 24.3 Å². The van der Waals surface area contributed by atoms with Gasteiger partial charge in [0.15, 0.2) is 5.82 Å². The summed E-state index contributed by atoms with van der Waals surface area (Å²) in [6.45, 7) is -0.264. The Morgan fingerprint density at radius 2 is 2.06 bits per heavy atom. The summed E-state index contributed by atoms with van der Waals surface area (Å²) in [5, 5.41) is 20.9. The van der Waals surface area contributed by atoms with Gasteiger partial charge < -0.3 is 10.4 Å². The molecule has 17 heavy (non-hydrogen) atoms. The molecule has 1 atom stereocenters. The van der Waals surface area contributed by atoms with Crippen molar-refractivity contribution in [1.29, 1.82) is 0 Å². The number of aliphatic hydroxyl groups is 1. The lowest BCUT2D eigenvalue weighted by molar-refractivity contribution is 0.00381. The molecule has 0 spiro atoms. The van der Waals surface area contributed by atoms with E-state index in [2.05, 4.69) is 15.5 Å². The van der Waals surface area contributed by atoms with Gasteiger partial charge in [0.25, 0.3) is 6.43 Å². The largest absolute Gasteiger partial charge is 0.385 e. The van der Waals surface area contributed by atoms with Crippen LogP contribution >= 0.6 is 0 Å². The van der Waals surface area contributed by atoms with Crippen LogP contribution in [0.4, 0.5) is 14.6 Å². The molecule has 2 aromatic rings. The van der Waals surface area contributed by atoms with Crippen LogP contribution in [0.2, 0.25) is 0 Å². The molecule has 0 aliphatic carbocycles. The number of halogens is 2. The Morgan fingerprint density at radius 3 is 2.82 bits per heavy atom. The van der Waals surface area contributed by atoms with Crippen molar-refractivity contribution >= 4 is 16.6 Å². The maximum atomic E-state index is 12.1. The van der Waals surface area contributed by atoms with Crippen LogP contribution in [0.1, 0.15) is 0 Å². The molecule has 0 saturated carbocycles. The predicted molar refractivity (Wildman–Crippen MR) is 60.0 cm³/mol. The number of hydrogen-bond donors (Lipinski definition) is 2. The van der Waals surface area contributed by atoms with E-state index in [0.717, 1.165) is 10.8 Å². The zero-order valence-corrected chi connectivity index (χ0v) is 8.85. The van der Waals surface area contributed by atoms with E-state index in [1.165, 1.54) is 0 Å². The Kier molecular flexibility index (Phi) is 3.43. The van der Waals surface area contributed by atoms with Gasteiger partial charge in [-0.15, -0.1) is 5.10 Å². The fraction of sp³-hybridized carbons (Fsp3) is 0.273. The molecule has 1 aromatic heterocycles. The van der Waals surface area contributed by atoms with Crippen LogP contribution in [-0.4, -0.2) is 34.4 Å². The van der Waals surface area contributed by atoms with E-state index < -0.39 is 12.5 Å². The number of nitrogens with one attached hydrogen (secondary N) is 1. The number of rotatable bonds is 4. The summed E-state index contributed by atoms with van der Waals surface area (Å²) in [5.74, 6) is 0.391. The van der Waals surface area contributed by atoms with Gasteiger partial charge in [-0.3, -0.25) is 0 Å². The Bertz CT molecular complexity index is 502. The molecule has 1 unspecified atom stereocenters. The van der Waals surface area contributed by atoms with Gasteiger partial charge >= 0.3 is 0 Å². The zero-order chi connectivity index (χ0) is 12.3. The highest BCUT2D eigenvalue weighted by molar-refractivity contribution is 5.90. The van der Waals surface area contributed by atoms with Crippen molar-refractivity contribution in [2.24, 2.45) is 0 Å². The standard InChI is InChI=1S/C11H11F2N3O/c12-10(13)9(17)6-14-11-8-4-2-1-3-7(8)5-15-16-11/h1-5,9-10,17H,6H2,(H,14,16). The van der Waals surface area contributed by atoms with E-state index in [4.69, 9.17) is 5.11 Å². The second kappa shape index (κ2) is 5.01. The molecule has 0 aliphatic rings. The van der Waals surface area contributed by atoms with Crippen molar-refractivity contribution in [3.05, 3.63) is 30.5 Å². The smallest absolute Gasteiger partial charge is 0.265 e. The van der Waals surface area contributed by atoms with Gasteiger partial charge in [0.05, 0.1) is 6.20 Å². The minimum Gasteiger partial charge on any atom is -0.385 e. The number of fused-ring (bicyclic) bond motifs is 1. The van der Waals surface area contributed by atoms with Crippen molar-refractivity contribution in [3.8, 4) is 0 Å². The highest BCUT2D eigenvalue weighted by Crippen LogP contribution is 2.19. The zero-order valence-electron chi connectivity index (χ0n) is 8.85. The van der Waals surface area contributed by atoms with Crippen LogP contribution < -0.4 is 5.32 Å². The van der Waals surface area contributed by atoms with E-state index in [-0.39, 0.29) is 6.54 Å². The first-order valence-electron chi connectivity index (χ1n) is 5.09. The SMILES string of the molecule is OC(CNc1nncc2ccccc12)C(F)F. The summed E-state index contributed by atoms with van der Waals surface area (Å²) in [7, 11) is 0. The van der Waals surface area contributed by atoms with Crippen LogP contribution in [0.3, 0.4) is 0 Å². The monoisotopic (exact) mass is 239 g/mol. The summed E-state index contributed by atoms with van der Waals surface area (Å²) < 4.78 is 24.2. The average Bonchev–Trinajstić information content (AvgIpc) is 2.35. The Labute approximate surface area is 96.3 Å². The summed E-state index contributed by atoms with van der Waals surface area (Å²) in [6.07, 6.45) is -2.90. The predicted octanol–water partition coefficient (Wildman–Crippen LogP) is 1.67. The number of alkyl halides is 2. The van der Waals surface area contributed by atoms with Crippen LogP contribution in [0.15, 0.2) is 30.5 Å². The number of aromatic nitrogens is 2. The number of aliphatic hydroxyl groups excluding tert-OH is 1. The molecular formula is C11H11F2N3O. The molecule has 2 N–H and O–H groups in total. The average molecular weight is 239 g/mol. The molecule has 0 radical (unpaired) electrons. The fourth-order valence-electron chi connectivity index (χ4n) is 1.45. The Balaban J connectivity index is 2.19. The third-order valence-electron chi connectivity index (χ3n) is 2.34. The molecule has 4 nitrogen and oxygen atoms in total. The first-order chi connectivity index (χ1) is 8.18. The summed E-state index contributed by atoms with van der Waals surface area (Å²) in [4.78, 5) is 0. The number of anilines is 1. The molecular weight excluding hydrogens is 228 g/mol. The summed E-state index contributed by atoms with van der Waals surface area (Å²) in [6, 6.07) is 7.32. The summed E-state index contributed by atoms with van der Waals surface area (Å²) >= 11 is 0. The van der Waals surface area contributed by atoms with Crippen molar-refractivity contribution in [1.82, 2.24) is 10.2 Å². The molecule has 0 amide bonds. The van der Waals surface area contributed by atoms with E-state index in [1.807, 2.05) is 18.2 Å². The second-order valence-electron chi connectivity index (χ2n) is 3.56. The van der Waals surface area contributed by atoms with Gasteiger partial charge in [0.2, 0.25) is 0 Å². The number of hydrogen-bond acceptors (Lipinski definition) is 4. The molecule has 0 bridgehead atoms. The fourth-order valence-corrected chi connectivity index (χ4v) is 1.45. The lowest BCUT2D eigenvalue weighted by Gasteiger charge is -2.11. The first-order valence-corrected chi connectivity index (χ1v) is 5.09. The van der Waals surface area contributed by atoms with Crippen molar-refractivity contribution in [3.63, 3.8) is 0 Å². The molecule has 1 aromatic carbocycles. The minimum absolute atomic E-state index is 0.264. The van der Waals surface area contributed by atoms with Gasteiger partial charge in [0, 0.05) is 17.3 Å². The van der Waals surface area contributed by atoms with E-state index in [1.54, 1.807) is 12.3 Å². The lowest BCUT2D eigenvalue weighted by atomic mass is 10.2. The maximum absolute atomic E-state index is 12.1. The summed E-state index contributed by atoms with van der Waals surface area (Å²) in [5.41, 5.74) is 0. The van der Waals surface area contributed by atoms with Gasteiger partial charge in [-0.05, 0) is 0 Å². The van der Waals surface area contributed by atoms with Crippen LogP contribution in [0, 0.1) is 0 Å². The topological polar surface area (TPSA) is 58.0 Å². The highest BCUT2D eigenvalue weighted by Gasteiger charge is 2.16. The molecule has 2 rings (SSSR count). The van der Waals surface area contributed by atoms with Crippen LogP contribution in [0.25, 0.3) is 10.8 Å². The van der Waals surface area contributed by atoms with Crippen molar-refractivity contribution in [2.75, 3.05) is 11.9 Å². The van der Waals surface area contributed by atoms with E-state index >= 15 is 0 Å². The van der Waals surface area contributed by atoms with Gasteiger partial charge in [-0.25, -0.2) is 8.78 Å². The lowest BCUT2D eigenvalue weighted by Crippen LogP contribution is -2.27. The van der Waals surface area contributed by atoms with Crippen LogP contribution in [-0.2, 0) is 0 Å². The molecule has 6 heteroatoms. The Morgan fingerprint density at radius 1 is 1.29 bits per heavy atom. The molecule has 0 saturated heterocycles. The second-order valence-corrected chi connectivity index (χ2v) is 3.56. The van der Waals surface area contributed by atoms with Crippen molar-refractivity contribution in [2.45, 2.75) is 12.5 Å². The number of benzene rings is 1. The molecule has 0 fully saturated rings. The molecule has 0 aliphatic heterocycles. The Hall–Kier alpha value is -1.82. The normalized spacial score (nSPS) is 12.9. The van der Waals surface area contributed by atoms with Gasteiger partial charge in [-0.2, -0.15) is 5.10 Å².